The standard InChI is InChI=1S/C19H20ClNO2/c1-12-4-2-3-5-15(12)18(22)11-21-19(23)17-10-16(17)13-6-8-14(20)9-7-13/h2-9,16-18,22H,10-11H2,1H3,(H,21,23). The molecule has 1 aliphatic carbocycles. The van der Waals surface area contributed by atoms with Gasteiger partial charge >= 0.3 is 0 Å². The molecule has 3 atom stereocenters. The van der Waals surface area contributed by atoms with Crippen LogP contribution in [0.2, 0.25) is 5.02 Å². The van der Waals surface area contributed by atoms with E-state index in [1.54, 1.807) is 0 Å². The molecule has 0 heterocycles. The van der Waals surface area contributed by atoms with Crippen LogP contribution in [0, 0.1) is 12.8 Å². The Hall–Kier alpha value is -1.84. The Morgan fingerprint density at radius 3 is 2.65 bits per heavy atom. The number of hydrogen-bond donors (Lipinski definition) is 2. The molecule has 4 heteroatoms. The minimum absolute atomic E-state index is 0.000228. The predicted molar refractivity (Wildman–Crippen MR) is 91.4 cm³/mol. The van der Waals surface area contributed by atoms with Gasteiger partial charge in [-0.1, -0.05) is 48.0 Å². The number of carbonyl (C=O) groups is 1. The highest BCUT2D eigenvalue weighted by Crippen LogP contribution is 2.47. The van der Waals surface area contributed by atoms with Gasteiger partial charge in [-0.3, -0.25) is 4.79 Å². The van der Waals surface area contributed by atoms with E-state index in [4.69, 9.17) is 11.6 Å². The maximum atomic E-state index is 12.2. The van der Waals surface area contributed by atoms with Crippen LogP contribution < -0.4 is 5.32 Å². The molecule has 1 amide bonds. The third-order valence-electron chi connectivity index (χ3n) is 4.44. The van der Waals surface area contributed by atoms with Gasteiger partial charge in [0.15, 0.2) is 0 Å². The molecule has 3 rings (SSSR count). The van der Waals surface area contributed by atoms with Crippen molar-refractivity contribution >= 4 is 17.5 Å². The summed E-state index contributed by atoms with van der Waals surface area (Å²) in [4.78, 5) is 12.2. The molecule has 2 N–H and O–H groups in total. The van der Waals surface area contributed by atoms with E-state index in [1.165, 1.54) is 0 Å². The highest BCUT2D eigenvalue weighted by molar-refractivity contribution is 6.30. The molecule has 120 valence electrons. The number of halogens is 1. The smallest absolute Gasteiger partial charge is 0.223 e. The Labute approximate surface area is 141 Å². The first-order valence-corrected chi connectivity index (χ1v) is 8.21. The van der Waals surface area contributed by atoms with Gasteiger partial charge < -0.3 is 10.4 Å². The van der Waals surface area contributed by atoms with E-state index in [2.05, 4.69) is 5.32 Å². The molecule has 2 aromatic rings. The lowest BCUT2D eigenvalue weighted by Crippen LogP contribution is -2.30. The molecule has 23 heavy (non-hydrogen) atoms. The Morgan fingerprint density at radius 1 is 1.26 bits per heavy atom. The molecule has 0 bridgehead atoms. The molecule has 1 saturated carbocycles. The SMILES string of the molecule is Cc1ccccc1C(O)CNC(=O)C1CC1c1ccc(Cl)cc1. The third-order valence-corrected chi connectivity index (χ3v) is 4.69. The second-order valence-electron chi connectivity index (χ2n) is 6.12. The van der Waals surface area contributed by atoms with Gasteiger partial charge in [0, 0.05) is 17.5 Å². The Balaban J connectivity index is 1.53. The quantitative estimate of drug-likeness (QED) is 0.880. The number of aliphatic hydroxyl groups excluding tert-OH is 1. The lowest BCUT2D eigenvalue weighted by atomic mass is 10.0. The van der Waals surface area contributed by atoms with Crippen LogP contribution in [0.3, 0.4) is 0 Å². The van der Waals surface area contributed by atoms with Crippen molar-refractivity contribution in [3.8, 4) is 0 Å². The summed E-state index contributed by atoms with van der Waals surface area (Å²) in [5.41, 5.74) is 3.03. The normalized spacial score (nSPS) is 20.8. The van der Waals surface area contributed by atoms with Crippen molar-refractivity contribution in [2.24, 2.45) is 5.92 Å². The minimum atomic E-state index is -0.673. The van der Waals surface area contributed by atoms with Crippen LogP contribution in [0.4, 0.5) is 0 Å². The lowest BCUT2D eigenvalue weighted by molar-refractivity contribution is -0.122. The molecule has 3 unspecified atom stereocenters. The van der Waals surface area contributed by atoms with Crippen molar-refractivity contribution in [3.63, 3.8) is 0 Å². The summed E-state index contributed by atoms with van der Waals surface area (Å²) >= 11 is 5.88. The van der Waals surface area contributed by atoms with Crippen LogP contribution >= 0.6 is 11.6 Å². The number of hydrogen-bond acceptors (Lipinski definition) is 2. The van der Waals surface area contributed by atoms with Crippen LogP contribution in [0.25, 0.3) is 0 Å². The fourth-order valence-corrected chi connectivity index (χ4v) is 3.09. The second kappa shape index (κ2) is 6.73. The van der Waals surface area contributed by atoms with Crippen molar-refractivity contribution in [2.75, 3.05) is 6.54 Å². The molecular weight excluding hydrogens is 310 g/mol. The van der Waals surface area contributed by atoms with Crippen molar-refractivity contribution in [2.45, 2.75) is 25.4 Å². The highest BCUT2D eigenvalue weighted by Gasteiger charge is 2.43. The largest absolute Gasteiger partial charge is 0.387 e. The van der Waals surface area contributed by atoms with E-state index in [-0.39, 0.29) is 24.3 Å². The summed E-state index contributed by atoms with van der Waals surface area (Å²) in [6, 6.07) is 15.3. The van der Waals surface area contributed by atoms with Gasteiger partial charge in [0.1, 0.15) is 0 Å². The van der Waals surface area contributed by atoms with Gasteiger partial charge in [0.25, 0.3) is 0 Å². The van der Waals surface area contributed by atoms with Crippen molar-refractivity contribution < 1.29 is 9.90 Å². The van der Waals surface area contributed by atoms with E-state index in [0.717, 1.165) is 23.1 Å². The summed E-state index contributed by atoms with van der Waals surface area (Å²) < 4.78 is 0. The number of benzene rings is 2. The van der Waals surface area contributed by atoms with Crippen LogP contribution in [0.5, 0.6) is 0 Å². The Morgan fingerprint density at radius 2 is 1.96 bits per heavy atom. The number of carbonyl (C=O) groups excluding carboxylic acids is 1. The molecular formula is C19H20ClNO2. The summed E-state index contributed by atoms with van der Waals surface area (Å²) in [5, 5.41) is 13.8. The van der Waals surface area contributed by atoms with Gasteiger partial charge in [-0.05, 0) is 48.1 Å². The average molecular weight is 330 g/mol. The molecule has 2 aromatic carbocycles. The molecule has 0 radical (unpaired) electrons. The number of rotatable bonds is 5. The summed E-state index contributed by atoms with van der Waals surface area (Å²) in [6.45, 7) is 2.20. The molecule has 0 spiro atoms. The van der Waals surface area contributed by atoms with E-state index in [1.807, 2.05) is 55.5 Å². The Kier molecular flexibility index (Phi) is 4.69. The summed E-state index contributed by atoms with van der Waals surface area (Å²) in [6.07, 6.45) is 0.182. The Bertz CT molecular complexity index is 699. The number of nitrogens with one attached hydrogen (secondary N) is 1. The molecule has 3 nitrogen and oxygen atoms in total. The molecule has 0 saturated heterocycles. The number of aliphatic hydroxyl groups is 1. The second-order valence-corrected chi connectivity index (χ2v) is 6.55. The summed E-state index contributed by atoms with van der Waals surface area (Å²) in [5.74, 6) is 0.278. The van der Waals surface area contributed by atoms with E-state index in [9.17, 15) is 9.90 Å². The number of amides is 1. The minimum Gasteiger partial charge on any atom is -0.387 e. The molecule has 1 aliphatic rings. The zero-order valence-corrected chi connectivity index (χ0v) is 13.8. The third kappa shape index (κ3) is 3.74. The van der Waals surface area contributed by atoms with Crippen molar-refractivity contribution in [1.29, 1.82) is 0 Å². The fourth-order valence-electron chi connectivity index (χ4n) is 2.96. The van der Waals surface area contributed by atoms with Gasteiger partial charge in [0.2, 0.25) is 5.91 Å². The topological polar surface area (TPSA) is 49.3 Å². The highest BCUT2D eigenvalue weighted by atomic mass is 35.5. The lowest BCUT2D eigenvalue weighted by Gasteiger charge is -2.14. The maximum Gasteiger partial charge on any atom is 0.223 e. The van der Waals surface area contributed by atoms with Gasteiger partial charge in [0.05, 0.1) is 6.10 Å². The molecule has 0 aromatic heterocycles. The van der Waals surface area contributed by atoms with E-state index < -0.39 is 6.10 Å². The van der Waals surface area contributed by atoms with Gasteiger partial charge in [-0.2, -0.15) is 0 Å². The summed E-state index contributed by atoms with van der Waals surface area (Å²) in [7, 11) is 0. The van der Waals surface area contributed by atoms with E-state index >= 15 is 0 Å². The zero-order chi connectivity index (χ0) is 16.4. The maximum absolute atomic E-state index is 12.2. The van der Waals surface area contributed by atoms with Gasteiger partial charge in [-0.15, -0.1) is 0 Å². The first-order chi connectivity index (χ1) is 11.1. The first kappa shape index (κ1) is 16.0. The molecule has 1 fully saturated rings. The fraction of sp³-hybridized carbons (Fsp3) is 0.316. The first-order valence-electron chi connectivity index (χ1n) is 7.83. The van der Waals surface area contributed by atoms with Crippen LogP contribution in [0.1, 0.15) is 35.1 Å². The van der Waals surface area contributed by atoms with Gasteiger partial charge in [-0.25, -0.2) is 0 Å². The van der Waals surface area contributed by atoms with E-state index in [0.29, 0.717) is 5.02 Å². The average Bonchev–Trinajstić information content (AvgIpc) is 3.34. The number of aryl methyl sites for hydroxylation is 1. The van der Waals surface area contributed by atoms with Crippen LogP contribution in [0.15, 0.2) is 48.5 Å². The monoisotopic (exact) mass is 329 g/mol. The van der Waals surface area contributed by atoms with Crippen LogP contribution in [-0.4, -0.2) is 17.6 Å². The predicted octanol–water partition coefficient (Wildman–Crippen LogP) is 3.60. The molecule has 0 aliphatic heterocycles. The van der Waals surface area contributed by atoms with Crippen LogP contribution in [-0.2, 0) is 4.79 Å². The van der Waals surface area contributed by atoms with Crippen molar-refractivity contribution in [3.05, 3.63) is 70.2 Å². The van der Waals surface area contributed by atoms with Crippen molar-refractivity contribution in [1.82, 2.24) is 5.32 Å². The zero-order valence-electron chi connectivity index (χ0n) is 13.0.